The van der Waals surface area contributed by atoms with E-state index in [1.54, 1.807) is 14.2 Å². The van der Waals surface area contributed by atoms with Gasteiger partial charge >= 0.3 is 0 Å². The van der Waals surface area contributed by atoms with Crippen molar-refractivity contribution in [2.24, 2.45) is 5.92 Å². The summed E-state index contributed by atoms with van der Waals surface area (Å²) in [6.45, 7) is 2.34. The van der Waals surface area contributed by atoms with Gasteiger partial charge in [-0.3, -0.25) is 0 Å². The highest BCUT2D eigenvalue weighted by atomic mass is 35.5. The molecule has 2 rings (SSSR count). The molecular weight excluding hydrogens is 274 g/mol. The van der Waals surface area contributed by atoms with E-state index in [1.807, 2.05) is 12.1 Å². The average molecular weight is 298 g/mol. The minimum Gasteiger partial charge on any atom is -0.495 e. The van der Waals surface area contributed by atoms with Crippen LogP contribution in [0.15, 0.2) is 12.1 Å². The van der Waals surface area contributed by atoms with Crippen molar-refractivity contribution in [3.05, 3.63) is 17.2 Å². The highest BCUT2D eigenvalue weighted by Crippen LogP contribution is 2.37. The van der Waals surface area contributed by atoms with Crippen LogP contribution < -0.4 is 14.8 Å². The van der Waals surface area contributed by atoms with Gasteiger partial charge in [0.25, 0.3) is 0 Å². The molecular formula is C16H24ClNO2. The Morgan fingerprint density at radius 1 is 1.05 bits per heavy atom. The van der Waals surface area contributed by atoms with Gasteiger partial charge in [-0.1, -0.05) is 31.4 Å². The average Bonchev–Trinajstić information content (AvgIpc) is 2.64. The smallest absolute Gasteiger partial charge is 0.145 e. The molecule has 0 radical (unpaired) electrons. The third-order valence-electron chi connectivity index (χ3n) is 4.09. The van der Waals surface area contributed by atoms with Crippen molar-refractivity contribution >= 4 is 17.3 Å². The van der Waals surface area contributed by atoms with Gasteiger partial charge in [0.05, 0.1) is 24.9 Å². The maximum atomic E-state index is 6.21. The molecule has 2 unspecified atom stereocenters. The molecule has 0 aliphatic heterocycles. The molecule has 1 N–H and O–H groups in total. The highest BCUT2D eigenvalue weighted by Gasteiger charge is 2.18. The number of benzene rings is 1. The molecule has 1 aliphatic rings. The van der Waals surface area contributed by atoms with Crippen LogP contribution in [-0.4, -0.2) is 20.3 Å². The van der Waals surface area contributed by atoms with Gasteiger partial charge in [0.2, 0.25) is 0 Å². The van der Waals surface area contributed by atoms with E-state index < -0.39 is 0 Å². The second-order valence-corrected chi connectivity index (χ2v) is 6.05. The summed E-state index contributed by atoms with van der Waals surface area (Å²) in [5.41, 5.74) is 0.956. The molecule has 112 valence electrons. The second-order valence-electron chi connectivity index (χ2n) is 5.64. The van der Waals surface area contributed by atoms with E-state index >= 15 is 0 Å². The number of hydrogen-bond acceptors (Lipinski definition) is 3. The number of rotatable bonds is 4. The van der Waals surface area contributed by atoms with Crippen LogP contribution in [0.3, 0.4) is 0 Å². The van der Waals surface area contributed by atoms with Gasteiger partial charge in [0, 0.05) is 12.1 Å². The molecule has 2 atom stereocenters. The summed E-state index contributed by atoms with van der Waals surface area (Å²) in [4.78, 5) is 0. The molecule has 0 spiro atoms. The van der Waals surface area contributed by atoms with E-state index in [-0.39, 0.29) is 0 Å². The first-order valence-electron chi connectivity index (χ1n) is 7.32. The largest absolute Gasteiger partial charge is 0.495 e. The van der Waals surface area contributed by atoms with Gasteiger partial charge < -0.3 is 14.8 Å². The van der Waals surface area contributed by atoms with Crippen molar-refractivity contribution in [2.75, 3.05) is 19.5 Å². The van der Waals surface area contributed by atoms with Crippen LogP contribution in [-0.2, 0) is 0 Å². The van der Waals surface area contributed by atoms with Gasteiger partial charge in [0.15, 0.2) is 0 Å². The Morgan fingerprint density at radius 3 is 2.50 bits per heavy atom. The van der Waals surface area contributed by atoms with Gasteiger partial charge in [-0.05, 0) is 31.2 Å². The van der Waals surface area contributed by atoms with E-state index in [4.69, 9.17) is 21.1 Å². The maximum Gasteiger partial charge on any atom is 0.145 e. The number of nitrogens with one attached hydrogen (secondary N) is 1. The fourth-order valence-corrected chi connectivity index (χ4v) is 3.07. The quantitative estimate of drug-likeness (QED) is 0.814. The minimum absolute atomic E-state index is 0.498. The standard InChI is InChI=1S/C16H24ClNO2/c1-11-5-4-6-12(8-7-11)18-14-9-13(17)15(19-2)10-16(14)20-3/h9-12,18H,4-8H2,1-3H3. The van der Waals surface area contributed by atoms with Crippen molar-refractivity contribution in [3.8, 4) is 11.5 Å². The summed E-state index contributed by atoms with van der Waals surface area (Å²) < 4.78 is 10.7. The van der Waals surface area contributed by atoms with Crippen LogP contribution in [0.5, 0.6) is 11.5 Å². The van der Waals surface area contributed by atoms with Crippen LogP contribution in [0.1, 0.15) is 39.0 Å². The molecule has 0 aromatic heterocycles. The highest BCUT2D eigenvalue weighted by molar-refractivity contribution is 6.32. The van der Waals surface area contributed by atoms with Crippen molar-refractivity contribution in [3.63, 3.8) is 0 Å². The van der Waals surface area contributed by atoms with Crippen molar-refractivity contribution in [1.29, 1.82) is 0 Å². The Hall–Kier alpha value is -1.09. The lowest BCUT2D eigenvalue weighted by atomic mass is 10.0. The summed E-state index contributed by atoms with van der Waals surface area (Å²) in [5, 5.41) is 4.20. The first-order chi connectivity index (χ1) is 9.63. The molecule has 0 bridgehead atoms. The van der Waals surface area contributed by atoms with Crippen molar-refractivity contribution < 1.29 is 9.47 Å². The van der Waals surface area contributed by atoms with E-state index in [2.05, 4.69) is 12.2 Å². The molecule has 0 saturated heterocycles. The number of anilines is 1. The summed E-state index contributed by atoms with van der Waals surface area (Å²) in [6.07, 6.45) is 6.30. The van der Waals surface area contributed by atoms with Crippen molar-refractivity contribution in [2.45, 2.75) is 45.1 Å². The lowest BCUT2D eigenvalue weighted by molar-refractivity contribution is 0.395. The zero-order valence-corrected chi connectivity index (χ0v) is 13.3. The maximum absolute atomic E-state index is 6.21. The van der Waals surface area contributed by atoms with Crippen molar-refractivity contribution in [1.82, 2.24) is 0 Å². The van der Waals surface area contributed by atoms with Crippen LogP contribution in [0.4, 0.5) is 5.69 Å². The predicted octanol–water partition coefficient (Wildman–Crippen LogP) is 4.74. The molecule has 1 aliphatic carbocycles. The van der Waals surface area contributed by atoms with Gasteiger partial charge in [-0.15, -0.1) is 0 Å². The fraction of sp³-hybridized carbons (Fsp3) is 0.625. The summed E-state index contributed by atoms with van der Waals surface area (Å²) in [6, 6.07) is 4.23. The summed E-state index contributed by atoms with van der Waals surface area (Å²) >= 11 is 6.21. The second kappa shape index (κ2) is 7.07. The Balaban J connectivity index is 2.13. The zero-order chi connectivity index (χ0) is 14.5. The zero-order valence-electron chi connectivity index (χ0n) is 12.5. The molecule has 4 heteroatoms. The fourth-order valence-electron chi connectivity index (χ4n) is 2.82. The number of ether oxygens (including phenoxy) is 2. The molecule has 0 amide bonds. The number of methoxy groups -OCH3 is 2. The predicted molar refractivity (Wildman–Crippen MR) is 84.2 cm³/mol. The molecule has 1 fully saturated rings. The topological polar surface area (TPSA) is 30.5 Å². The normalized spacial score (nSPS) is 23.0. The van der Waals surface area contributed by atoms with Gasteiger partial charge in [-0.2, -0.15) is 0 Å². The Labute approximate surface area is 126 Å². The third-order valence-corrected chi connectivity index (χ3v) is 4.39. The molecule has 20 heavy (non-hydrogen) atoms. The molecule has 0 heterocycles. The van der Waals surface area contributed by atoms with E-state index in [0.717, 1.165) is 17.4 Å². The van der Waals surface area contributed by atoms with Crippen LogP contribution >= 0.6 is 11.6 Å². The molecule has 3 nitrogen and oxygen atoms in total. The van der Waals surface area contributed by atoms with Crippen LogP contribution in [0.2, 0.25) is 5.02 Å². The lowest BCUT2D eigenvalue weighted by Gasteiger charge is -2.20. The first-order valence-corrected chi connectivity index (χ1v) is 7.70. The third kappa shape index (κ3) is 3.72. The van der Waals surface area contributed by atoms with Gasteiger partial charge in [0.1, 0.15) is 11.5 Å². The van der Waals surface area contributed by atoms with Crippen LogP contribution in [0, 0.1) is 5.92 Å². The van der Waals surface area contributed by atoms with Crippen LogP contribution in [0.25, 0.3) is 0 Å². The Morgan fingerprint density at radius 2 is 1.80 bits per heavy atom. The molecule has 1 aromatic rings. The lowest BCUT2D eigenvalue weighted by Crippen LogP contribution is -2.19. The van der Waals surface area contributed by atoms with E-state index in [1.165, 1.54) is 32.1 Å². The SMILES string of the molecule is COc1cc(OC)c(NC2CCCC(C)CC2)cc1Cl. The molecule has 1 saturated carbocycles. The summed E-state index contributed by atoms with van der Waals surface area (Å²) in [5.74, 6) is 2.26. The number of hydrogen-bond donors (Lipinski definition) is 1. The number of halogens is 1. The van der Waals surface area contributed by atoms with E-state index in [0.29, 0.717) is 16.8 Å². The monoisotopic (exact) mass is 297 g/mol. The Kier molecular flexibility index (Phi) is 5.41. The Bertz CT molecular complexity index is 450. The summed E-state index contributed by atoms with van der Waals surface area (Å²) in [7, 11) is 3.28. The minimum atomic E-state index is 0.498. The molecule has 1 aromatic carbocycles. The van der Waals surface area contributed by atoms with Gasteiger partial charge in [-0.25, -0.2) is 0 Å². The first kappa shape index (κ1) is 15.3. The van der Waals surface area contributed by atoms with E-state index in [9.17, 15) is 0 Å².